The lowest BCUT2D eigenvalue weighted by atomic mass is 10.1. The first-order valence-electron chi connectivity index (χ1n) is 6.23. The number of fused-ring (bicyclic) bond motifs is 1. The number of carbonyl (C=O) groups is 1. The first-order chi connectivity index (χ1) is 9.91. The molecule has 3 aromatic heterocycles. The lowest BCUT2D eigenvalue weighted by Crippen LogP contribution is -2.36. The lowest BCUT2D eigenvalue weighted by Gasteiger charge is -2.23. The highest BCUT2D eigenvalue weighted by molar-refractivity contribution is 7.13. The average molecular weight is 322 g/mol. The zero-order chi connectivity index (χ0) is 15.2. The molecule has 0 fully saturated rings. The minimum atomic E-state index is -1.17. The van der Waals surface area contributed by atoms with E-state index in [2.05, 4.69) is 9.97 Å². The summed E-state index contributed by atoms with van der Waals surface area (Å²) in [5.74, 6) is -0.362. The van der Waals surface area contributed by atoms with Gasteiger partial charge in [-0.15, -0.1) is 11.3 Å². The van der Waals surface area contributed by atoms with Crippen LogP contribution in [0.2, 0.25) is 5.02 Å². The fraction of sp³-hybridized carbons (Fsp3) is 0.214. The van der Waals surface area contributed by atoms with Gasteiger partial charge in [0.2, 0.25) is 0 Å². The normalized spacial score (nSPS) is 12.0. The Morgan fingerprint density at radius 1 is 1.48 bits per heavy atom. The summed E-state index contributed by atoms with van der Waals surface area (Å²) >= 11 is 7.46. The largest absolute Gasteiger partial charge is 0.480 e. The van der Waals surface area contributed by atoms with Crippen LogP contribution in [0.4, 0.5) is 0 Å². The van der Waals surface area contributed by atoms with E-state index in [1.807, 2.05) is 17.5 Å². The Labute approximate surface area is 129 Å². The minimum absolute atomic E-state index is 0.470. The van der Waals surface area contributed by atoms with E-state index in [1.54, 1.807) is 24.5 Å². The summed E-state index contributed by atoms with van der Waals surface area (Å²) in [6, 6.07) is 5.50. The van der Waals surface area contributed by atoms with Gasteiger partial charge in [0.15, 0.2) is 11.5 Å². The van der Waals surface area contributed by atoms with Crippen molar-refractivity contribution in [2.45, 2.75) is 19.4 Å². The second kappa shape index (κ2) is 4.82. The monoisotopic (exact) mass is 321 g/mol. The molecule has 0 spiro atoms. The summed E-state index contributed by atoms with van der Waals surface area (Å²) in [5.41, 5.74) is -0.0787. The molecule has 0 unspecified atom stereocenters. The third-order valence-corrected chi connectivity index (χ3v) is 4.36. The van der Waals surface area contributed by atoms with Crippen molar-refractivity contribution in [2.24, 2.45) is 0 Å². The number of halogens is 1. The van der Waals surface area contributed by atoms with Crippen LogP contribution in [0, 0.1) is 0 Å². The average Bonchev–Trinajstić information content (AvgIpc) is 3.04. The molecule has 3 heterocycles. The van der Waals surface area contributed by atoms with E-state index in [0.29, 0.717) is 22.0 Å². The molecule has 5 nitrogen and oxygen atoms in total. The number of carboxylic acids is 1. The van der Waals surface area contributed by atoms with Gasteiger partial charge in [0, 0.05) is 6.20 Å². The van der Waals surface area contributed by atoms with Gasteiger partial charge in [-0.3, -0.25) is 4.57 Å². The highest BCUT2D eigenvalue weighted by atomic mass is 35.5. The Morgan fingerprint density at radius 2 is 2.24 bits per heavy atom. The minimum Gasteiger partial charge on any atom is -0.480 e. The van der Waals surface area contributed by atoms with E-state index >= 15 is 0 Å². The van der Waals surface area contributed by atoms with Gasteiger partial charge in [0.1, 0.15) is 11.1 Å². The van der Waals surface area contributed by atoms with E-state index in [-0.39, 0.29) is 0 Å². The highest BCUT2D eigenvalue weighted by Crippen LogP contribution is 2.33. The van der Waals surface area contributed by atoms with Gasteiger partial charge < -0.3 is 5.11 Å². The lowest BCUT2D eigenvalue weighted by molar-refractivity contribution is -0.145. The molecule has 0 saturated heterocycles. The van der Waals surface area contributed by atoms with Crippen molar-refractivity contribution in [3.63, 3.8) is 0 Å². The van der Waals surface area contributed by atoms with E-state index < -0.39 is 11.5 Å². The molecule has 108 valence electrons. The second-order valence-electron chi connectivity index (χ2n) is 5.11. The number of hydrogen-bond acceptors (Lipinski definition) is 4. The Morgan fingerprint density at radius 3 is 2.86 bits per heavy atom. The van der Waals surface area contributed by atoms with Crippen molar-refractivity contribution in [2.75, 3.05) is 0 Å². The predicted molar refractivity (Wildman–Crippen MR) is 82.8 cm³/mol. The summed E-state index contributed by atoms with van der Waals surface area (Å²) in [4.78, 5) is 21.3. The summed E-state index contributed by atoms with van der Waals surface area (Å²) in [6.45, 7) is 3.26. The third kappa shape index (κ3) is 2.20. The molecule has 1 N–H and O–H groups in total. The van der Waals surface area contributed by atoms with Crippen molar-refractivity contribution in [1.82, 2.24) is 14.5 Å². The number of rotatable bonds is 3. The van der Waals surface area contributed by atoms with Crippen molar-refractivity contribution < 1.29 is 9.90 Å². The summed E-state index contributed by atoms with van der Waals surface area (Å²) in [7, 11) is 0. The zero-order valence-electron chi connectivity index (χ0n) is 11.4. The molecule has 3 rings (SSSR count). The molecule has 0 amide bonds. The molecule has 0 aliphatic rings. The van der Waals surface area contributed by atoms with Gasteiger partial charge >= 0.3 is 5.97 Å². The number of carboxylic acid groups (broad SMARTS) is 1. The van der Waals surface area contributed by atoms with Gasteiger partial charge in [-0.2, -0.15) is 0 Å². The van der Waals surface area contributed by atoms with Gasteiger partial charge in [-0.1, -0.05) is 17.7 Å². The number of pyridine rings is 1. The molecule has 0 atom stereocenters. The number of nitrogens with zero attached hydrogens (tertiary/aromatic N) is 3. The number of imidazole rings is 1. The maximum absolute atomic E-state index is 11.7. The summed E-state index contributed by atoms with van der Waals surface area (Å²) < 4.78 is 1.65. The first-order valence-corrected chi connectivity index (χ1v) is 7.49. The van der Waals surface area contributed by atoms with E-state index in [0.717, 1.165) is 4.88 Å². The number of hydrogen-bond donors (Lipinski definition) is 1. The number of aromatic nitrogens is 3. The molecular weight excluding hydrogens is 310 g/mol. The molecule has 0 radical (unpaired) electrons. The Bertz CT molecular complexity index is 824. The Hall–Kier alpha value is -1.92. The van der Waals surface area contributed by atoms with Crippen molar-refractivity contribution in [3.05, 3.63) is 34.8 Å². The van der Waals surface area contributed by atoms with Crippen LogP contribution in [0.5, 0.6) is 0 Å². The Balaban J connectivity index is 2.39. The van der Waals surface area contributed by atoms with Crippen molar-refractivity contribution >= 4 is 40.1 Å². The van der Waals surface area contributed by atoms with Crippen LogP contribution in [-0.4, -0.2) is 25.6 Å². The molecular formula is C14H12ClN3O2S. The summed E-state index contributed by atoms with van der Waals surface area (Å²) in [5, 5.41) is 11.9. The Kier molecular flexibility index (Phi) is 3.22. The van der Waals surface area contributed by atoms with Crippen LogP contribution >= 0.6 is 22.9 Å². The molecule has 0 bridgehead atoms. The fourth-order valence-electron chi connectivity index (χ4n) is 2.14. The van der Waals surface area contributed by atoms with Gasteiger partial charge in [0.05, 0.1) is 9.90 Å². The third-order valence-electron chi connectivity index (χ3n) is 3.29. The topological polar surface area (TPSA) is 68.0 Å². The zero-order valence-corrected chi connectivity index (χ0v) is 12.9. The van der Waals surface area contributed by atoms with Crippen LogP contribution in [0.25, 0.3) is 21.9 Å². The summed E-state index contributed by atoms with van der Waals surface area (Å²) in [6.07, 6.45) is 1.50. The van der Waals surface area contributed by atoms with Crippen LogP contribution in [0.15, 0.2) is 29.8 Å². The molecule has 21 heavy (non-hydrogen) atoms. The van der Waals surface area contributed by atoms with E-state index in [1.165, 1.54) is 17.5 Å². The van der Waals surface area contributed by atoms with Crippen LogP contribution in [-0.2, 0) is 10.3 Å². The van der Waals surface area contributed by atoms with Crippen LogP contribution in [0.1, 0.15) is 13.8 Å². The fourth-order valence-corrected chi connectivity index (χ4v) is 2.99. The highest BCUT2D eigenvalue weighted by Gasteiger charge is 2.34. The molecule has 0 aliphatic heterocycles. The van der Waals surface area contributed by atoms with Gasteiger partial charge in [-0.25, -0.2) is 14.8 Å². The van der Waals surface area contributed by atoms with E-state index in [9.17, 15) is 9.90 Å². The van der Waals surface area contributed by atoms with Crippen molar-refractivity contribution in [1.29, 1.82) is 0 Å². The standard InChI is InChI=1S/C14H12ClN3O2S/c1-14(2,13(19)20)18-11-9(6-8(15)7-16-11)17-12(18)10-4-3-5-21-10/h3-7H,1-2H3,(H,19,20). The molecule has 0 aliphatic carbocycles. The SMILES string of the molecule is CC(C)(C(=O)O)n1c(-c2cccs2)nc2cc(Cl)cnc21. The van der Waals surface area contributed by atoms with Crippen LogP contribution in [0.3, 0.4) is 0 Å². The maximum atomic E-state index is 11.7. The van der Waals surface area contributed by atoms with Gasteiger partial charge in [0.25, 0.3) is 0 Å². The molecule has 0 saturated carbocycles. The molecule has 3 aromatic rings. The quantitative estimate of drug-likeness (QED) is 0.799. The smallest absolute Gasteiger partial charge is 0.329 e. The number of aliphatic carboxylic acids is 1. The van der Waals surface area contributed by atoms with Gasteiger partial charge in [-0.05, 0) is 31.4 Å². The first kappa shape index (κ1) is 14.0. The predicted octanol–water partition coefficient (Wildman–Crippen LogP) is 3.63. The second-order valence-corrected chi connectivity index (χ2v) is 6.49. The number of thiophene rings is 1. The molecule has 7 heteroatoms. The van der Waals surface area contributed by atoms with Crippen LogP contribution < -0.4 is 0 Å². The maximum Gasteiger partial charge on any atom is 0.329 e. The molecule has 0 aromatic carbocycles. The van der Waals surface area contributed by atoms with E-state index in [4.69, 9.17) is 11.6 Å². The van der Waals surface area contributed by atoms with Crippen molar-refractivity contribution in [3.8, 4) is 10.7 Å².